The predicted octanol–water partition coefficient (Wildman–Crippen LogP) is 3.86. The number of anilines is 1. The Hall–Kier alpha value is -3.65. The lowest BCUT2D eigenvalue weighted by Gasteiger charge is -2.24. The summed E-state index contributed by atoms with van der Waals surface area (Å²) >= 11 is 0. The molecule has 0 heterocycles. The number of para-hydroxylation sites is 1. The molecular weight excluding hydrogens is 426 g/mol. The number of nitrogens with one attached hydrogen (secondary N) is 1. The molecule has 8 heteroatoms. The van der Waals surface area contributed by atoms with Crippen LogP contribution in [0, 0.1) is 0 Å². The van der Waals surface area contributed by atoms with Gasteiger partial charge in [-0.05, 0) is 47.9 Å². The molecule has 2 N–H and O–H groups in total. The van der Waals surface area contributed by atoms with Crippen LogP contribution in [-0.4, -0.2) is 32.2 Å². The molecule has 0 radical (unpaired) electrons. The molecular formula is C24H25N3O4S. The average Bonchev–Trinajstić information content (AvgIpc) is 2.79. The minimum atomic E-state index is -3.99. The van der Waals surface area contributed by atoms with Crippen molar-refractivity contribution in [1.82, 2.24) is 5.43 Å². The summed E-state index contributed by atoms with van der Waals surface area (Å²) in [5.41, 5.74) is 4.18. The minimum absolute atomic E-state index is 0.0176. The summed E-state index contributed by atoms with van der Waals surface area (Å²) in [6.45, 7) is 3.63. The highest BCUT2D eigenvalue weighted by atomic mass is 32.2. The van der Waals surface area contributed by atoms with E-state index in [9.17, 15) is 18.3 Å². The van der Waals surface area contributed by atoms with Crippen LogP contribution in [0.2, 0.25) is 0 Å². The standard InChI is InChI=1S/C24H25N3O4S/c1-18(2)19-12-14-21(15-13-19)27(32(30,31)22-9-4-3-5-10-22)17-24(29)26-25-16-20-8-6-7-11-23(20)28/h3-16,18,28H,17H2,1-2H3,(H,26,29)/b25-16-. The van der Waals surface area contributed by atoms with Gasteiger partial charge in [0.2, 0.25) is 0 Å². The lowest BCUT2D eigenvalue weighted by atomic mass is 10.0. The van der Waals surface area contributed by atoms with Crippen LogP contribution in [0.4, 0.5) is 5.69 Å². The van der Waals surface area contributed by atoms with E-state index in [-0.39, 0.29) is 16.6 Å². The number of hydrogen-bond acceptors (Lipinski definition) is 5. The fourth-order valence-corrected chi connectivity index (χ4v) is 4.44. The maximum Gasteiger partial charge on any atom is 0.264 e. The van der Waals surface area contributed by atoms with Crippen molar-refractivity contribution in [3.05, 3.63) is 90.0 Å². The van der Waals surface area contributed by atoms with E-state index in [0.717, 1.165) is 9.87 Å². The van der Waals surface area contributed by atoms with Crippen molar-refractivity contribution >= 4 is 27.8 Å². The number of nitrogens with zero attached hydrogens (tertiary/aromatic N) is 2. The van der Waals surface area contributed by atoms with E-state index in [1.807, 2.05) is 26.0 Å². The molecule has 1 amide bonds. The molecule has 0 aromatic heterocycles. The van der Waals surface area contributed by atoms with E-state index in [2.05, 4.69) is 10.5 Å². The smallest absolute Gasteiger partial charge is 0.264 e. The molecule has 0 aliphatic carbocycles. The van der Waals surface area contributed by atoms with Gasteiger partial charge in [-0.25, -0.2) is 13.8 Å². The number of carbonyl (C=O) groups excluding carboxylic acids is 1. The second kappa shape index (κ2) is 10.1. The zero-order chi connectivity index (χ0) is 23.1. The molecule has 32 heavy (non-hydrogen) atoms. The number of phenols is 1. The van der Waals surface area contributed by atoms with Crippen molar-refractivity contribution in [3.63, 3.8) is 0 Å². The Morgan fingerprint density at radius 1 is 1.00 bits per heavy atom. The molecule has 0 aliphatic rings. The van der Waals surface area contributed by atoms with Gasteiger partial charge in [0.15, 0.2) is 0 Å². The fourth-order valence-electron chi connectivity index (χ4n) is 3.00. The summed E-state index contributed by atoms with van der Waals surface area (Å²) in [5.74, 6) is -0.316. The van der Waals surface area contributed by atoms with E-state index < -0.39 is 22.5 Å². The van der Waals surface area contributed by atoms with Crippen molar-refractivity contribution in [2.24, 2.45) is 5.10 Å². The fraction of sp³-hybridized carbons (Fsp3) is 0.167. The molecule has 0 bridgehead atoms. The van der Waals surface area contributed by atoms with Crippen LogP contribution in [-0.2, 0) is 14.8 Å². The van der Waals surface area contributed by atoms with Crippen LogP contribution in [0.25, 0.3) is 0 Å². The van der Waals surface area contributed by atoms with Crippen molar-refractivity contribution in [2.45, 2.75) is 24.7 Å². The maximum absolute atomic E-state index is 13.3. The van der Waals surface area contributed by atoms with Gasteiger partial charge in [-0.15, -0.1) is 0 Å². The molecule has 0 spiro atoms. The first-order valence-corrected chi connectivity index (χ1v) is 11.5. The summed E-state index contributed by atoms with van der Waals surface area (Å²) in [5, 5.41) is 13.6. The molecule has 0 aliphatic heterocycles. The van der Waals surface area contributed by atoms with Crippen LogP contribution in [0.3, 0.4) is 0 Å². The Morgan fingerprint density at radius 2 is 1.62 bits per heavy atom. The maximum atomic E-state index is 13.3. The molecule has 7 nitrogen and oxygen atoms in total. The molecule has 0 atom stereocenters. The van der Waals surface area contributed by atoms with Gasteiger partial charge in [0.1, 0.15) is 12.3 Å². The minimum Gasteiger partial charge on any atom is -0.507 e. The van der Waals surface area contributed by atoms with Crippen molar-refractivity contribution < 1.29 is 18.3 Å². The Morgan fingerprint density at radius 3 is 2.25 bits per heavy atom. The van der Waals surface area contributed by atoms with Gasteiger partial charge in [0.25, 0.3) is 15.9 Å². The predicted molar refractivity (Wildman–Crippen MR) is 125 cm³/mol. The van der Waals surface area contributed by atoms with Crippen LogP contribution in [0.1, 0.15) is 30.9 Å². The summed E-state index contributed by atoms with van der Waals surface area (Å²) in [7, 11) is -3.99. The molecule has 3 aromatic carbocycles. The van der Waals surface area contributed by atoms with E-state index in [1.165, 1.54) is 24.4 Å². The quantitative estimate of drug-likeness (QED) is 0.401. The number of hydrazone groups is 1. The first kappa shape index (κ1) is 23.0. The van der Waals surface area contributed by atoms with Crippen molar-refractivity contribution in [3.8, 4) is 5.75 Å². The summed E-state index contributed by atoms with van der Waals surface area (Å²) in [4.78, 5) is 12.6. The number of benzene rings is 3. The van der Waals surface area contributed by atoms with Gasteiger partial charge in [0.05, 0.1) is 16.8 Å². The number of hydrogen-bond donors (Lipinski definition) is 2. The van der Waals surface area contributed by atoms with Crippen molar-refractivity contribution in [1.29, 1.82) is 0 Å². The van der Waals surface area contributed by atoms with Gasteiger partial charge in [-0.3, -0.25) is 9.10 Å². The first-order chi connectivity index (χ1) is 15.3. The molecule has 0 fully saturated rings. The van der Waals surface area contributed by atoms with Gasteiger partial charge in [-0.2, -0.15) is 5.10 Å². The number of aromatic hydroxyl groups is 1. The first-order valence-electron chi connectivity index (χ1n) is 10.1. The highest BCUT2D eigenvalue weighted by Crippen LogP contribution is 2.25. The highest BCUT2D eigenvalue weighted by molar-refractivity contribution is 7.92. The highest BCUT2D eigenvalue weighted by Gasteiger charge is 2.27. The monoisotopic (exact) mass is 451 g/mol. The van der Waals surface area contributed by atoms with Crippen LogP contribution in [0.5, 0.6) is 5.75 Å². The van der Waals surface area contributed by atoms with Gasteiger partial charge >= 0.3 is 0 Å². The Bertz CT molecular complexity index is 1190. The Balaban J connectivity index is 1.85. The third kappa shape index (κ3) is 5.53. The lowest BCUT2D eigenvalue weighted by molar-refractivity contribution is -0.119. The summed E-state index contributed by atoms with van der Waals surface area (Å²) in [6, 6.07) is 21.5. The van der Waals surface area contributed by atoms with E-state index >= 15 is 0 Å². The van der Waals surface area contributed by atoms with Crippen LogP contribution >= 0.6 is 0 Å². The summed E-state index contributed by atoms with van der Waals surface area (Å²) in [6.07, 6.45) is 1.29. The number of sulfonamides is 1. The van der Waals surface area contributed by atoms with Gasteiger partial charge in [0, 0.05) is 5.56 Å². The van der Waals surface area contributed by atoms with Crippen LogP contribution in [0.15, 0.2) is 88.9 Å². The van der Waals surface area contributed by atoms with E-state index in [4.69, 9.17) is 0 Å². The average molecular weight is 452 g/mol. The zero-order valence-corrected chi connectivity index (χ0v) is 18.7. The summed E-state index contributed by atoms with van der Waals surface area (Å²) < 4.78 is 27.7. The normalized spacial score (nSPS) is 11.6. The largest absolute Gasteiger partial charge is 0.507 e. The lowest BCUT2D eigenvalue weighted by Crippen LogP contribution is -2.39. The number of phenolic OH excluding ortho intramolecular Hbond substituents is 1. The number of carbonyl (C=O) groups is 1. The number of amides is 1. The third-order valence-electron chi connectivity index (χ3n) is 4.80. The molecule has 166 valence electrons. The molecule has 0 unspecified atom stereocenters. The van der Waals surface area contributed by atoms with Gasteiger partial charge in [-0.1, -0.05) is 56.3 Å². The van der Waals surface area contributed by atoms with Crippen molar-refractivity contribution in [2.75, 3.05) is 10.8 Å². The molecule has 3 rings (SSSR count). The van der Waals surface area contributed by atoms with E-state index in [1.54, 1.807) is 48.5 Å². The molecule has 0 saturated heterocycles. The Labute approximate surface area is 188 Å². The van der Waals surface area contributed by atoms with E-state index in [0.29, 0.717) is 11.3 Å². The second-order valence-corrected chi connectivity index (χ2v) is 9.29. The third-order valence-corrected chi connectivity index (χ3v) is 6.58. The SMILES string of the molecule is CC(C)c1ccc(N(CC(=O)N/N=C\c2ccccc2O)S(=O)(=O)c2ccccc2)cc1. The Kier molecular flexibility index (Phi) is 7.27. The second-order valence-electron chi connectivity index (χ2n) is 7.42. The molecule has 3 aromatic rings. The number of rotatable bonds is 8. The topological polar surface area (TPSA) is 99.1 Å². The zero-order valence-electron chi connectivity index (χ0n) is 17.8. The molecule has 0 saturated carbocycles. The van der Waals surface area contributed by atoms with Crippen LogP contribution < -0.4 is 9.73 Å². The van der Waals surface area contributed by atoms with Gasteiger partial charge < -0.3 is 5.11 Å².